The van der Waals surface area contributed by atoms with E-state index in [9.17, 15) is 0 Å². The van der Waals surface area contributed by atoms with Crippen molar-refractivity contribution in [1.82, 2.24) is 0 Å². The molecule has 0 bridgehead atoms. The fraction of sp³-hybridized carbons (Fsp3) is 0. The van der Waals surface area contributed by atoms with Crippen LogP contribution in [0.4, 0.5) is 0 Å². The number of hydrogen-bond acceptors (Lipinski definition) is 0. The Morgan fingerprint density at radius 1 is 1.00 bits per heavy atom. The van der Waals surface area contributed by atoms with Crippen LogP contribution in [0.15, 0.2) is 30.3 Å². The predicted molar refractivity (Wildman–Crippen MR) is 52.8 cm³/mol. The Morgan fingerprint density at radius 2 is 1.75 bits per heavy atom. The van der Waals surface area contributed by atoms with Gasteiger partial charge in [0.25, 0.3) is 0 Å². The summed E-state index contributed by atoms with van der Waals surface area (Å²) in [6, 6.07) is 12.3. The Hall–Kier alpha value is -0.720. The van der Waals surface area contributed by atoms with Gasteiger partial charge in [0.2, 0.25) is 0 Å². The van der Waals surface area contributed by atoms with Gasteiger partial charge in [0.05, 0.1) is 0 Å². The van der Waals surface area contributed by atoms with E-state index in [-0.39, 0.29) is 0 Å². The fourth-order valence-electron chi connectivity index (χ4n) is 1.12. The van der Waals surface area contributed by atoms with Crippen LogP contribution in [0.25, 0.3) is 10.8 Å². The lowest BCUT2D eigenvalue weighted by Gasteiger charge is -1.97. The first-order chi connectivity index (χ1) is 5.75. The fourth-order valence-corrected chi connectivity index (χ4v) is 1.47. The summed E-state index contributed by atoms with van der Waals surface area (Å²) in [5.74, 6) is 0. The summed E-state index contributed by atoms with van der Waals surface area (Å²) in [5.41, 5.74) is 0. The first-order valence-corrected chi connectivity index (χ1v) is 4.28. The molecule has 0 saturated carbocycles. The summed E-state index contributed by atoms with van der Waals surface area (Å²) in [6.45, 7) is 0. The standard InChI is InChI=1S/C10H5Cl2/c11-9-3-1-7-2-4-10(12)6-8(7)5-9/h1,3-6H. The van der Waals surface area contributed by atoms with Gasteiger partial charge in [-0.2, -0.15) is 0 Å². The Balaban J connectivity index is 2.80. The Bertz CT molecular complexity index is 384. The van der Waals surface area contributed by atoms with Crippen LogP contribution in [0.2, 0.25) is 10.0 Å². The highest BCUT2D eigenvalue weighted by atomic mass is 35.5. The molecule has 0 atom stereocenters. The van der Waals surface area contributed by atoms with E-state index < -0.39 is 0 Å². The molecule has 0 nitrogen and oxygen atoms in total. The molecule has 59 valence electrons. The highest BCUT2D eigenvalue weighted by Crippen LogP contribution is 2.21. The number of fused-ring (bicyclic) bond motifs is 1. The quantitative estimate of drug-likeness (QED) is 0.598. The lowest BCUT2D eigenvalue weighted by molar-refractivity contribution is 1.73. The molecule has 0 saturated heterocycles. The molecular weight excluding hydrogens is 191 g/mol. The zero-order valence-electron chi connectivity index (χ0n) is 6.14. The molecule has 0 heterocycles. The van der Waals surface area contributed by atoms with Crippen LogP contribution in [0, 0.1) is 6.07 Å². The molecule has 0 fully saturated rings. The topological polar surface area (TPSA) is 0 Å². The van der Waals surface area contributed by atoms with Gasteiger partial charge in [-0.1, -0.05) is 29.3 Å². The van der Waals surface area contributed by atoms with E-state index in [2.05, 4.69) is 6.07 Å². The normalized spacial score (nSPS) is 10.5. The predicted octanol–water partition coefficient (Wildman–Crippen LogP) is 3.95. The van der Waals surface area contributed by atoms with Crippen LogP contribution in [0.3, 0.4) is 0 Å². The smallest absolute Gasteiger partial charge is 0.0418 e. The molecule has 0 aliphatic carbocycles. The maximum absolute atomic E-state index is 5.81. The SMILES string of the molecule is Clc1c[c]c2ccc(Cl)cc2c1. The third kappa shape index (κ3) is 1.40. The first kappa shape index (κ1) is 7.90. The molecule has 2 aromatic carbocycles. The van der Waals surface area contributed by atoms with Crippen LogP contribution in [-0.4, -0.2) is 0 Å². The van der Waals surface area contributed by atoms with Crippen molar-refractivity contribution < 1.29 is 0 Å². The molecule has 2 rings (SSSR count). The Kier molecular flexibility index (Phi) is 1.95. The number of rotatable bonds is 0. The monoisotopic (exact) mass is 195 g/mol. The average Bonchev–Trinajstić information content (AvgIpc) is 2.03. The molecule has 0 aromatic heterocycles. The summed E-state index contributed by atoms with van der Waals surface area (Å²) in [6.07, 6.45) is 0. The van der Waals surface area contributed by atoms with Gasteiger partial charge < -0.3 is 0 Å². The lowest BCUT2D eigenvalue weighted by atomic mass is 10.1. The van der Waals surface area contributed by atoms with Crippen molar-refractivity contribution in [2.45, 2.75) is 0 Å². The second-order valence-electron chi connectivity index (χ2n) is 2.55. The Labute approximate surface area is 80.7 Å². The molecule has 0 spiro atoms. The maximum Gasteiger partial charge on any atom is 0.0418 e. The minimum Gasteiger partial charge on any atom is -0.0843 e. The van der Waals surface area contributed by atoms with Crippen LogP contribution in [0.5, 0.6) is 0 Å². The molecule has 12 heavy (non-hydrogen) atoms. The third-order valence-electron chi connectivity index (χ3n) is 1.67. The number of hydrogen-bond donors (Lipinski definition) is 0. The summed E-state index contributed by atoms with van der Waals surface area (Å²) in [5, 5.41) is 3.46. The summed E-state index contributed by atoms with van der Waals surface area (Å²) in [7, 11) is 0. The van der Waals surface area contributed by atoms with E-state index in [4.69, 9.17) is 23.2 Å². The zero-order valence-corrected chi connectivity index (χ0v) is 7.65. The lowest BCUT2D eigenvalue weighted by Crippen LogP contribution is -1.72. The molecule has 0 N–H and O–H groups in total. The van der Waals surface area contributed by atoms with Crippen LogP contribution in [0.1, 0.15) is 0 Å². The van der Waals surface area contributed by atoms with Crippen molar-refractivity contribution in [2.24, 2.45) is 0 Å². The van der Waals surface area contributed by atoms with Gasteiger partial charge in [0.1, 0.15) is 0 Å². The molecule has 0 amide bonds. The van der Waals surface area contributed by atoms with E-state index in [0.29, 0.717) is 5.02 Å². The highest BCUT2D eigenvalue weighted by molar-refractivity contribution is 6.32. The van der Waals surface area contributed by atoms with Crippen LogP contribution < -0.4 is 0 Å². The molecular formula is C10H5Cl2. The van der Waals surface area contributed by atoms with E-state index in [1.807, 2.05) is 24.3 Å². The number of benzene rings is 2. The summed E-state index contributed by atoms with van der Waals surface area (Å²) in [4.78, 5) is 0. The van der Waals surface area contributed by atoms with E-state index >= 15 is 0 Å². The molecule has 2 aromatic rings. The van der Waals surface area contributed by atoms with Crippen molar-refractivity contribution in [3.05, 3.63) is 46.4 Å². The van der Waals surface area contributed by atoms with Crippen molar-refractivity contribution >= 4 is 34.0 Å². The van der Waals surface area contributed by atoms with Crippen molar-refractivity contribution in [1.29, 1.82) is 0 Å². The molecule has 2 heteroatoms. The van der Waals surface area contributed by atoms with Gasteiger partial charge in [-0.3, -0.25) is 0 Å². The minimum absolute atomic E-state index is 0.685. The van der Waals surface area contributed by atoms with Gasteiger partial charge in [-0.25, -0.2) is 0 Å². The number of halogens is 2. The van der Waals surface area contributed by atoms with Crippen molar-refractivity contribution in [2.75, 3.05) is 0 Å². The van der Waals surface area contributed by atoms with Gasteiger partial charge in [-0.15, -0.1) is 0 Å². The van der Waals surface area contributed by atoms with Crippen molar-refractivity contribution in [3.8, 4) is 0 Å². The van der Waals surface area contributed by atoms with Crippen molar-refractivity contribution in [3.63, 3.8) is 0 Å². The Morgan fingerprint density at radius 3 is 2.58 bits per heavy atom. The zero-order chi connectivity index (χ0) is 8.55. The molecule has 0 aliphatic heterocycles. The largest absolute Gasteiger partial charge is 0.0843 e. The van der Waals surface area contributed by atoms with Crippen LogP contribution >= 0.6 is 23.2 Å². The highest BCUT2D eigenvalue weighted by Gasteiger charge is 1.95. The van der Waals surface area contributed by atoms with E-state index in [0.717, 1.165) is 15.8 Å². The van der Waals surface area contributed by atoms with E-state index in [1.54, 1.807) is 6.07 Å². The second-order valence-corrected chi connectivity index (χ2v) is 3.42. The van der Waals surface area contributed by atoms with Gasteiger partial charge in [0.15, 0.2) is 0 Å². The molecule has 1 radical (unpaired) electrons. The average molecular weight is 196 g/mol. The van der Waals surface area contributed by atoms with E-state index in [1.165, 1.54) is 0 Å². The van der Waals surface area contributed by atoms with Crippen LogP contribution in [-0.2, 0) is 0 Å². The second kappa shape index (κ2) is 2.96. The molecule has 0 aliphatic rings. The van der Waals surface area contributed by atoms with Gasteiger partial charge in [0, 0.05) is 10.0 Å². The maximum atomic E-state index is 5.81. The van der Waals surface area contributed by atoms with Gasteiger partial charge in [-0.05, 0) is 41.1 Å². The third-order valence-corrected chi connectivity index (χ3v) is 2.13. The summed E-state index contributed by atoms with van der Waals surface area (Å²) < 4.78 is 0. The van der Waals surface area contributed by atoms with Gasteiger partial charge >= 0.3 is 0 Å². The first-order valence-electron chi connectivity index (χ1n) is 3.52. The minimum atomic E-state index is 0.685. The summed E-state index contributed by atoms with van der Waals surface area (Å²) >= 11 is 11.6. The molecule has 0 unspecified atom stereocenters.